The molecule has 2 rings (SSSR count). The monoisotopic (exact) mass is 226 g/mol. The van der Waals surface area contributed by atoms with E-state index in [1.54, 1.807) is 12.1 Å². The Morgan fingerprint density at radius 2 is 1.87 bits per heavy atom. The first-order valence-corrected chi connectivity index (χ1v) is 5.35. The van der Waals surface area contributed by atoms with Gasteiger partial charge in [-0.2, -0.15) is 0 Å². The van der Waals surface area contributed by atoms with Gasteiger partial charge in [0.05, 0.1) is 4.88 Å². The van der Waals surface area contributed by atoms with E-state index >= 15 is 0 Å². The molecular weight excluding hydrogens is 216 g/mol. The highest BCUT2D eigenvalue weighted by molar-refractivity contribution is 7.10. The fraction of sp³-hybridized carbons (Fsp3) is 0.400. The third-order valence-electron chi connectivity index (χ3n) is 2.22. The fourth-order valence-electron chi connectivity index (χ4n) is 1.14. The van der Waals surface area contributed by atoms with E-state index in [2.05, 4.69) is 0 Å². The van der Waals surface area contributed by atoms with Gasteiger partial charge in [-0.1, -0.05) is 6.07 Å². The van der Waals surface area contributed by atoms with Crippen LogP contribution < -0.4 is 0 Å². The Bertz CT molecular complexity index is 374. The summed E-state index contributed by atoms with van der Waals surface area (Å²) in [5.41, 5.74) is -1.20. The van der Waals surface area contributed by atoms with E-state index in [0.717, 1.165) is 0 Å². The summed E-state index contributed by atoms with van der Waals surface area (Å²) >= 11 is 1.38. The number of hydrogen-bond donors (Lipinski definition) is 0. The van der Waals surface area contributed by atoms with Crippen molar-refractivity contribution in [2.24, 2.45) is 5.41 Å². The fourth-order valence-corrected chi connectivity index (χ4v) is 1.82. The predicted molar refractivity (Wildman–Crippen MR) is 53.0 cm³/mol. The topological polar surface area (TPSA) is 52.6 Å². The summed E-state index contributed by atoms with van der Waals surface area (Å²) in [7, 11) is 0. The summed E-state index contributed by atoms with van der Waals surface area (Å²) in [6.07, 6.45) is -0.877. The van der Waals surface area contributed by atoms with E-state index in [-0.39, 0.29) is 0 Å². The Balaban J connectivity index is 2.22. The minimum absolute atomic E-state index is 0.544. The van der Waals surface area contributed by atoms with Gasteiger partial charge in [-0.15, -0.1) is 11.3 Å². The van der Waals surface area contributed by atoms with Crippen molar-refractivity contribution in [1.82, 2.24) is 0 Å². The summed E-state index contributed by atoms with van der Waals surface area (Å²) in [4.78, 5) is 23.7. The zero-order valence-electron chi connectivity index (χ0n) is 8.35. The van der Waals surface area contributed by atoms with Gasteiger partial charge >= 0.3 is 11.9 Å². The lowest BCUT2D eigenvalue weighted by atomic mass is 9.93. The largest absolute Gasteiger partial charge is 0.419 e. The van der Waals surface area contributed by atoms with Crippen LogP contribution in [-0.4, -0.2) is 11.9 Å². The molecule has 80 valence electrons. The normalized spacial score (nSPS) is 20.9. The molecule has 0 aliphatic carbocycles. The Morgan fingerprint density at radius 1 is 1.27 bits per heavy atom. The molecule has 1 aromatic rings. The Morgan fingerprint density at radius 3 is 2.33 bits per heavy atom. The smallest absolute Gasteiger partial charge is 0.326 e. The predicted octanol–water partition coefficient (Wildman–Crippen LogP) is 1.87. The molecule has 5 heteroatoms. The van der Waals surface area contributed by atoms with Crippen LogP contribution in [0, 0.1) is 5.41 Å². The molecule has 0 amide bonds. The average molecular weight is 226 g/mol. The number of carbonyl (C=O) groups is 2. The first kappa shape index (κ1) is 10.2. The molecule has 0 spiro atoms. The summed E-state index contributed by atoms with van der Waals surface area (Å²) in [6, 6.07) is 3.57. The minimum Gasteiger partial charge on any atom is -0.419 e. The van der Waals surface area contributed by atoms with Crippen LogP contribution in [0.25, 0.3) is 0 Å². The van der Waals surface area contributed by atoms with Crippen molar-refractivity contribution in [3.63, 3.8) is 0 Å². The highest BCUT2D eigenvalue weighted by Crippen LogP contribution is 2.34. The van der Waals surface area contributed by atoms with Crippen LogP contribution >= 0.6 is 11.3 Å². The maximum atomic E-state index is 11.5. The van der Waals surface area contributed by atoms with Crippen molar-refractivity contribution in [3.8, 4) is 0 Å². The molecule has 4 nitrogen and oxygen atoms in total. The molecule has 1 aliphatic heterocycles. The van der Waals surface area contributed by atoms with Crippen LogP contribution in [-0.2, 0) is 19.1 Å². The molecule has 2 heterocycles. The Labute approximate surface area is 90.8 Å². The average Bonchev–Trinajstić information content (AvgIpc) is 2.67. The lowest BCUT2D eigenvalue weighted by Gasteiger charge is -2.30. The molecule has 0 N–H and O–H groups in total. The van der Waals surface area contributed by atoms with Gasteiger partial charge in [0.15, 0.2) is 5.41 Å². The van der Waals surface area contributed by atoms with Crippen LogP contribution in [0.4, 0.5) is 0 Å². The second kappa shape index (κ2) is 3.34. The maximum absolute atomic E-state index is 11.5. The maximum Gasteiger partial charge on any atom is 0.326 e. The number of cyclic esters (lactones) is 2. The van der Waals surface area contributed by atoms with Crippen LogP contribution in [0.15, 0.2) is 17.5 Å². The number of hydrogen-bond acceptors (Lipinski definition) is 5. The van der Waals surface area contributed by atoms with Crippen LogP contribution in [0.3, 0.4) is 0 Å². The molecule has 0 unspecified atom stereocenters. The zero-order valence-corrected chi connectivity index (χ0v) is 9.17. The van der Waals surface area contributed by atoms with Crippen molar-refractivity contribution in [2.75, 3.05) is 0 Å². The van der Waals surface area contributed by atoms with Crippen LogP contribution in [0.2, 0.25) is 0 Å². The second-order valence-corrected chi connectivity index (χ2v) is 4.76. The van der Waals surface area contributed by atoms with Crippen molar-refractivity contribution in [3.05, 3.63) is 22.4 Å². The third-order valence-corrected chi connectivity index (χ3v) is 3.12. The SMILES string of the molecule is CC1(C)C(=O)OC(c2cccs2)OC1=O. The lowest BCUT2D eigenvalue weighted by Crippen LogP contribution is -2.43. The highest BCUT2D eigenvalue weighted by Gasteiger charge is 2.47. The molecule has 1 saturated heterocycles. The molecule has 0 aromatic carbocycles. The van der Waals surface area contributed by atoms with E-state index in [4.69, 9.17) is 9.47 Å². The van der Waals surface area contributed by atoms with Crippen molar-refractivity contribution in [1.29, 1.82) is 0 Å². The quantitative estimate of drug-likeness (QED) is 0.542. The first-order valence-electron chi connectivity index (χ1n) is 4.47. The second-order valence-electron chi connectivity index (χ2n) is 3.78. The van der Waals surface area contributed by atoms with Gasteiger partial charge in [0.1, 0.15) is 0 Å². The lowest BCUT2D eigenvalue weighted by molar-refractivity contribution is -0.221. The number of thiophene rings is 1. The van der Waals surface area contributed by atoms with Crippen molar-refractivity contribution in [2.45, 2.75) is 20.1 Å². The van der Waals surface area contributed by atoms with Crippen molar-refractivity contribution < 1.29 is 19.1 Å². The first-order chi connectivity index (χ1) is 7.01. The van der Waals surface area contributed by atoms with Gasteiger partial charge < -0.3 is 9.47 Å². The molecular formula is C10H10O4S. The summed E-state index contributed by atoms with van der Waals surface area (Å²) in [5, 5.41) is 1.83. The number of esters is 2. The molecule has 0 saturated carbocycles. The molecule has 0 atom stereocenters. The molecule has 1 aliphatic rings. The van der Waals surface area contributed by atoms with E-state index in [9.17, 15) is 9.59 Å². The molecule has 15 heavy (non-hydrogen) atoms. The van der Waals surface area contributed by atoms with E-state index < -0.39 is 23.6 Å². The summed E-state index contributed by atoms with van der Waals surface area (Å²) in [6.45, 7) is 2.98. The molecule has 0 bridgehead atoms. The Hall–Kier alpha value is -1.36. The van der Waals surface area contributed by atoms with Gasteiger partial charge in [-0.05, 0) is 25.3 Å². The van der Waals surface area contributed by atoms with Crippen LogP contribution in [0.1, 0.15) is 25.0 Å². The number of ether oxygens (including phenoxy) is 2. The zero-order chi connectivity index (χ0) is 11.1. The number of carbonyl (C=O) groups excluding carboxylic acids is 2. The molecule has 0 radical (unpaired) electrons. The van der Waals surface area contributed by atoms with E-state index in [1.165, 1.54) is 25.2 Å². The van der Waals surface area contributed by atoms with Crippen molar-refractivity contribution >= 4 is 23.3 Å². The van der Waals surface area contributed by atoms with Gasteiger partial charge in [-0.3, -0.25) is 9.59 Å². The Kier molecular flexibility index (Phi) is 2.26. The summed E-state index contributed by atoms with van der Waals surface area (Å²) in [5.74, 6) is -1.09. The van der Waals surface area contributed by atoms with Gasteiger partial charge in [0.2, 0.25) is 0 Å². The van der Waals surface area contributed by atoms with E-state index in [0.29, 0.717) is 4.88 Å². The number of rotatable bonds is 1. The van der Waals surface area contributed by atoms with Gasteiger partial charge in [0, 0.05) is 0 Å². The van der Waals surface area contributed by atoms with Crippen LogP contribution in [0.5, 0.6) is 0 Å². The molecule has 1 aromatic heterocycles. The van der Waals surface area contributed by atoms with Gasteiger partial charge in [0.25, 0.3) is 6.29 Å². The minimum atomic E-state index is -1.20. The standard InChI is InChI=1S/C10H10O4S/c1-10(2)8(11)13-7(14-9(10)12)6-4-3-5-15-6/h3-5,7H,1-2H3. The third kappa shape index (κ3) is 1.63. The van der Waals surface area contributed by atoms with E-state index in [1.807, 2.05) is 5.38 Å². The van der Waals surface area contributed by atoms with Gasteiger partial charge in [-0.25, -0.2) is 0 Å². The molecule has 1 fully saturated rings. The summed E-state index contributed by atoms with van der Waals surface area (Å²) < 4.78 is 10.1. The highest BCUT2D eigenvalue weighted by atomic mass is 32.1.